The second-order valence-electron chi connectivity index (χ2n) is 11.2. The van der Waals surface area contributed by atoms with Crippen LogP contribution in [0.1, 0.15) is 46.2 Å². The van der Waals surface area contributed by atoms with E-state index in [1.807, 2.05) is 0 Å². The van der Waals surface area contributed by atoms with Crippen molar-refractivity contribution in [1.82, 2.24) is 0 Å². The number of nitrogens with two attached hydrogens (primary N) is 2. The van der Waals surface area contributed by atoms with Crippen molar-refractivity contribution in [3.8, 4) is 11.1 Å². The van der Waals surface area contributed by atoms with Gasteiger partial charge in [-0.15, -0.1) is 0 Å². The van der Waals surface area contributed by atoms with Crippen LogP contribution in [0.4, 0.5) is 8.78 Å². The van der Waals surface area contributed by atoms with Crippen LogP contribution in [0, 0.1) is 22.5 Å². The molecule has 0 aromatic heterocycles. The van der Waals surface area contributed by atoms with Crippen LogP contribution in [0.15, 0.2) is 95.1 Å². The van der Waals surface area contributed by atoms with Crippen LogP contribution in [0.3, 0.4) is 0 Å². The van der Waals surface area contributed by atoms with Crippen LogP contribution >= 0.6 is 0 Å². The van der Waals surface area contributed by atoms with Crippen molar-refractivity contribution in [3.63, 3.8) is 0 Å². The van der Waals surface area contributed by atoms with Gasteiger partial charge in [0, 0.05) is 35.1 Å². The molecule has 6 rings (SSSR count). The first-order chi connectivity index (χ1) is 22.0. The molecular formula is C34H26F2N6O4. The Balaban J connectivity index is 1.47. The second kappa shape index (κ2) is 10.8. The molecule has 0 fully saturated rings. The quantitative estimate of drug-likeness (QED) is 0.140. The zero-order valence-electron chi connectivity index (χ0n) is 24.0. The van der Waals surface area contributed by atoms with E-state index in [0.29, 0.717) is 0 Å². The number of fused-ring (bicyclic) bond motifs is 2. The number of carboxylic acids is 2. The molecule has 8 N–H and O–H groups in total. The topological polar surface area (TPSA) is 199 Å². The first-order valence-corrected chi connectivity index (χ1v) is 14.0. The third kappa shape index (κ3) is 4.14. The number of benzene rings is 4. The van der Waals surface area contributed by atoms with Crippen molar-refractivity contribution in [2.24, 2.45) is 21.9 Å². The molecule has 230 valence electrons. The summed E-state index contributed by atoms with van der Waals surface area (Å²) in [5, 5.41) is 45.2. The first kappa shape index (κ1) is 30.0. The third-order valence-electron chi connectivity index (χ3n) is 8.99. The van der Waals surface area contributed by atoms with Gasteiger partial charge in [0.1, 0.15) is 22.5 Å². The molecule has 46 heavy (non-hydrogen) atoms. The highest BCUT2D eigenvalue weighted by Gasteiger charge is 2.51. The lowest BCUT2D eigenvalue weighted by atomic mass is 9.64. The highest BCUT2D eigenvalue weighted by Crippen LogP contribution is 2.46. The molecule has 0 spiro atoms. The van der Waals surface area contributed by atoms with E-state index in [-0.39, 0.29) is 80.2 Å². The summed E-state index contributed by atoms with van der Waals surface area (Å²) in [6.07, 6.45) is -0.725. The normalized spacial score (nSPS) is 22.4. The molecule has 0 amide bonds. The number of aliphatic carboxylic acids is 2. The molecule has 0 saturated carbocycles. The van der Waals surface area contributed by atoms with E-state index in [9.17, 15) is 19.8 Å². The Kier molecular flexibility index (Phi) is 7.07. The highest BCUT2D eigenvalue weighted by atomic mass is 19.1. The van der Waals surface area contributed by atoms with E-state index < -0.39 is 34.4 Å². The van der Waals surface area contributed by atoms with Crippen molar-refractivity contribution in [2.75, 3.05) is 0 Å². The van der Waals surface area contributed by atoms with Gasteiger partial charge in [-0.25, -0.2) is 8.78 Å². The molecule has 0 heterocycles. The molecule has 10 nitrogen and oxygen atoms in total. The number of nitrogens with zero attached hydrogens (tertiary/aromatic N) is 2. The highest BCUT2D eigenvalue weighted by molar-refractivity contribution is 6.50. The predicted octanol–water partition coefficient (Wildman–Crippen LogP) is 4.55. The van der Waals surface area contributed by atoms with Crippen molar-refractivity contribution >= 4 is 34.8 Å². The molecule has 0 bridgehead atoms. The van der Waals surface area contributed by atoms with Gasteiger partial charge < -0.3 is 21.9 Å². The summed E-state index contributed by atoms with van der Waals surface area (Å²) in [5.41, 5.74) is -3.04. The summed E-state index contributed by atoms with van der Waals surface area (Å²) in [4.78, 5) is 25.9. The summed E-state index contributed by atoms with van der Waals surface area (Å²) < 4.78 is 32.1. The minimum atomic E-state index is -1.95. The minimum absolute atomic E-state index is 0.00291. The van der Waals surface area contributed by atoms with Gasteiger partial charge in [0.05, 0.1) is 22.8 Å². The van der Waals surface area contributed by atoms with Gasteiger partial charge in [-0.05, 0) is 34.4 Å². The number of hydrazone groups is 2. The fraction of sp³-hybridized carbons (Fsp3) is 0.118. The fourth-order valence-electron chi connectivity index (χ4n) is 6.72. The number of hydrogen-bond donors (Lipinski definition) is 6. The van der Waals surface area contributed by atoms with E-state index in [0.717, 1.165) is 12.1 Å². The lowest BCUT2D eigenvalue weighted by Gasteiger charge is -2.37. The van der Waals surface area contributed by atoms with E-state index >= 15 is 8.78 Å². The number of nitrogens with one attached hydrogen (secondary N) is 2. The van der Waals surface area contributed by atoms with Crippen molar-refractivity contribution in [1.29, 1.82) is 10.8 Å². The maximum absolute atomic E-state index is 16.1. The number of hydrogen-bond acceptors (Lipinski definition) is 8. The lowest BCUT2D eigenvalue weighted by molar-refractivity contribution is -0.143. The second-order valence-corrected chi connectivity index (χ2v) is 11.2. The maximum atomic E-state index is 16.1. The predicted molar refractivity (Wildman–Crippen MR) is 168 cm³/mol. The zero-order valence-corrected chi connectivity index (χ0v) is 24.0. The third-order valence-corrected chi connectivity index (χ3v) is 8.99. The monoisotopic (exact) mass is 620 g/mol. The van der Waals surface area contributed by atoms with E-state index in [1.165, 1.54) is 36.4 Å². The van der Waals surface area contributed by atoms with Crippen molar-refractivity contribution < 1.29 is 28.6 Å². The summed E-state index contributed by atoms with van der Waals surface area (Å²) in [5.74, 6) is 6.50. The maximum Gasteiger partial charge on any atom is 0.319 e. The number of carboxylic acid groups (broad SMARTS) is 2. The number of rotatable bonds is 5. The van der Waals surface area contributed by atoms with Gasteiger partial charge in [0.25, 0.3) is 0 Å². The van der Waals surface area contributed by atoms with Crippen LogP contribution in [-0.4, -0.2) is 45.0 Å². The van der Waals surface area contributed by atoms with Gasteiger partial charge in [0.2, 0.25) is 0 Å². The Labute approximate surface area is 260 Å². The number of halogens is 2. The van der Waals surface area contributed by atoms with Crippen LogP contribution in [-0.2, 0) is 20.4 Å². The van der Waals surface area contributed by atoms with Gasteiger partial charge in [-0.1, -0.05) is 72.8 Å². The average molecular weight is 621 g/mol. The fourth-order valence-corrected chi connectivity index (χ4v) is 6.72. The molecule has 0 radical (unpaired) electrons. The first-order valence-electron chi connectivity index (χ1n) is 14.0. The van der Waals surface area contributed by atoms with E-state index in [1.54, 1.807) is 36.4 Å². The van der Waals surface area contributed by atoms with Crippen LogP contribution in [0.2, 0.25) is 0 Å². The molecular weight excluding hydrogens is 594 g/mol. The number of carbonyl (C=O) groups is 2. The summed E-state index contributed by atoms with van der Waals surface area (Å²) in [6, 6.07) is 20.3. The standard InChI is InChI=1S/C34H26F2N6O4/c35-25-13-17(9-11-23(25)33(31(43)44)15-27(41-39)29(37)19-5-1-3-7-21(19)33)18-10-12-24(26(36)14-18)34(32(45)46)16-28(42-40)30(38)20-6-2-4-8-22(20)34/h1-14,37-38H,15-16,39-40H2,(H,43,44)(H,45,46)/b37-29?,38-30?,41-27-,42-28+. The Morgan fingerprint density at radius 1 is 0.630 bits per heavy atom. The SMILES string of the molecule is N=C1/C(=N\N)CC(C(=O)O)(c2ccc(-c3ccc(C4(C(=O)O)C/C(=N\N)C(=N)c5ccccc54)c(F)c3)cc2F)c2ccccc21. The van der Waals surface area contributed by atoms with Crippen molar-refractivity contribution in [3.05, 3.63) is 130 Å². The van der Waals surface area contributed by atoms with E-state index in [2.05, 4.69) is 10.2 Å². The van der Waals surface area contributed by atoms with Gasteiger partial charge in [-0.3, -0.25) is 20.4 Å². The summed E-state index contributed by atoms with van der Waals surface area (Å²) >= 11 is 0. The molecule has 2 aliphatic rings. The average Bonchev–Trinajstić information content (AvgIpc) is 3.05. The Morgan fingerprint density at radius 3 is 1.33 bits per heavy atom. The molecule has 4 aromatic rings. The Bertz CT molecular complexity index is 1930. The summed E-state index contributed by atoms with van der Waals surface area (Å²) in [7, 11) is 0. The molecule has 2 aliphatic carbocycles. The van der Waals surface area contributed by atoms with Crippen LogP contribution in [0.5, 0.6) is 0 Å². The lowest BCUT2D eigenvalue weighted by Crippen LogP contribution is -2.46. The van der Waals surface area contributed by atoms with Gasteiger partial charge >= 0.3 is 11.9 Å². The Hall–Kier alpha value is -6.04. The van der Waals surface area contributed by atoms with Gasteiger partial charge in [0.15, 0.2) is 0 Å². The molecule has 0 saturated heterocycles. The molecule has 2 atom stereocenters. The molecule has 0 aliphatic heterocycles. The zero-order chi connectivity index (χ0) is 33.0. The molecule has 2 unspecified atom stereocenters. The minimum Gasteiger partial charge on any atom is -0.480 e. The molecule has 12 heteroatoms. The van der Waals surface area contributed by atoms with Crippen molar-refractivity contribution in [2.45, 2.75) is 23.7 Å². The van der Waals surface area contributed by atoms with Crippen LogP contribution in [0.25, 0.3) is 11.1 Å². The van der Waals surface area contributed by atoms with E-state index in [4.69, 9.17) is 22.5 Å². The Morgan fingerprint density at radius 2 is 1.00 bits per heavy atom. The van der Waals surface area contributed by atoms with Gasteiger partial charge in [-0.2, -0.15) is 10.2 Å². The smallest absolute Gasteiger partial charge is 0.319 e. The van der Waals surface area contributed by atoms with Crippen LogP contribution < -0.4 is 11.7 Å². The largest absolute Gasteiger partial charge is 0.480 e. The molecule has 4 aromatic carbocycles. The summed E-state index contributed by atoms with van der Waals surface area (Å²) in [6.45, 7) is 0.